The van der Waals surface area contributed by atoms with Crippen LogP contribution in [0.15, 0.2) is 52.9 Å². The van der Waals surface area contributed by atoms with Crippen LogP contribution in [0.3, 0.4) is 0 Å². The van der Waals surface area contributed by atoms with E-state index in [0.29, 0.717) is 22.2 Å². The summed E-state index contributed by atoms with van der Waals surface area (Å²) in [6.07, 6.45) is 1.75. The number of hydrogen-bond donors (Lipinski definition) is 2. The Kier molecular flexibility index (Phi) is 11.8. The summed E-state index contributed by atoms with van der Waals surface area (Å²) in [4.78, 5) is 5.16. The Morgan fingerprint density at radius 2 is 1.70 bits per heavy atom. The first-order valence-corrected chi connectivity index (χ1v) is 11.6. The van der Waals surface area contributed by atoms with Gasteiger partial charge in [-0.3, -0.25) is 5.14 Å². The average molecular weight is 432 g/mol. The van der Waals surface area contributed by atoms with Gasteiger partial charge in [0.05, 0.1) is 28.2 Å². The van der Waals surface area contributed by atoms with Crippen LogP contribution in [-0.4, -0.2) is 23.0 Å². The molecule has 30 heavy (non-hydrogen) atoms. The van der Waals surface area contributed by atoms with Crippen LogP contribution in [0.2, 0.25) is 0 Å². The largest absolute Gasteiger partial charge is 0.495 e. The number of benzene rings is 2. The Morgan fingerprint density at radius 1 is 1.17 bits per heavy atom. The van der Waals surface area contributed by atoms with Gasteiger partial charge in [0.2, 0.25) is 0 Å². The molecule has 0 amide bonds. The third kappa shape index (κ3) is 8.05. The van der Waals surface area contributed by atoms with Gasteiger partial charge < -0.3 is 10.1 Å². The minimum atomic E-state index is -2.80. The highest BCUT2D eigenvalue weighted by Crippen LogP contribution is 2.29. The van der Waals surface area contributed by atoms with Gasteiger partial charge in [-0.15, -0.1) is 6.58 Å². The summed E-state index contributed by atoms with van der Waals surface area (Å²) in [5.41, 5.74) is 5.03. The second-order valence-corrected chi connectivity index (χ2v) is 8.42. The maximum Gasteiger partial charge on any atom is 0.142 e. The van der Waals surface area contributed by atoms with E-state index in [1.165, 1.54) is 5.56 Å². The number of methoxy groups -OCH3 is 1. The van der Waals surface area contributed by atoms with Crippen LogP contribution in [0, 0.1) is 20.8 Å². The standard InChI is InChI=1S/C19H25N3O2S.C3H6.C2H6/c1-12-7-8-13(2)19(14(12)3)22-15(4)21-17-11-16(25(6,20)23)9-10-18(17)24-5;1-3-2;1-2/h7-11H,6H2,1-5H3,(H2,20,23)(H,21,22);3H,1H2,2H3;1-2H3. The molecule has 3 N–H and O–H groups in total. The average Bonchev–Trinajstić information content (AvgIpc) is 2.69. The van der Waals surface area contributed by atoms with Gasteiger partial charge in [0.25, 0.3) is 0 Å². The number of nitrogens with two attached hydrogens (primary N) is 1. The van der Waals surface area contributed by atoms with Crippen molar-refractivity contribution in [1.29, 1.82) is 0 Å². The van der Waals surface area contributed by atoms with Crippen LogP contribution in [0.1, 0.15) is 44.4 Å². The fourth-order valence-corrected chi connectivity index (χ4v) is 3.11. The number of rotatable bonds is 4. The first-order chi connectivity index (χ1) is 14.0. The lowest BCUT2D eigenvalue weighted by atomic mass is 10.0. The molecule has 1 unspecified atom stereocenters. The molecular formula is C24H37N3O2S. The van der Waals surface area contributed by atoms with E-state index >= 15 is 0 Å². The second kappa shape index (κ2) is 12.9. The van der Waals surface area contributed by atoms with Crippen molar-refractivity contribution >= 4 is 32.8 Å². The molecule has 0 fully saturated rings. The molecule has 0 bridgehead atoms. The van der Waals surface area contributed by atoms with Crippen molar-refractivity contribution in [2.45, 2.75) is 53.4 Å². The summed E-state index contributed by atoms with van der Waals surface area (Å²) >= 11 is 0. The van der Waals surface area contributed by atoms with E-state index in [9.17, 15) is 4.21 Å². The first-order valence-electron chi connectivity index (χ1n) is 9.84. The Morgan fingerprint density at radius 3 is 2.20 bits per heavy atom. The van der Waals surface area contributed by atoms with Crippen LogP contribution in [-0.2, 0) is 9.71 Å². The van der Waals surface area contributed by atoms with Gasteiger partial charge in [-0.05, 0) is 75.4 Å². The third-order valence-corrected chi connectivity index (χ3v) is 5.12. The summed E-state index contributed by atoms with van der Waals surface area (Å²) in [5.74, 6) is 4.83. The van der Waals surface area contributed by atoms with Gasteiger partial charge in [-0.2, -0.15) is 0 Å². The normalized spacial score (nSPS) is 12.4. The highest BCUT2D eigenvalue weighted by Gasteiger charge is 2.10. The third-order valence-electron chi connectivity index (χ3n) is 4.07. The maximum atomic E-state index is 12.0. The van der Waals surface area contributed by atoms with Crippen LogP contribution < -0.4 is 15.2 Å². The van der Waals surface area contributed by atoms with Crippen molar-refractivity contribution in [2.75, 3.05) is 12.4 Å². The minimum absolute atomic E-state index is 0.450. The summed E-state index contributed by atoms with van der Waals surface area (Å²) < 4.78 is 17.4. The maximum absolute atomic E-state index is 12.0. The fourth-order valence-electron chi connectivity index (χ4n) is 2.50. The van der Waals surface area contributed by atoms with Crippen molar-refractivity contribution in [1.82, 2.24) is 0 Å². The summed E-state index contributed by atoms with van der Waals surface area (Å²) in [6.45, 7) is 17.3. The molecule has 166 valence electrons. The molecule has 0 saturated carbocycles. The lowest BCUT2D eigenvalue weighted by Crippen LogP contribution is -2.14. The van der Waals surface area contributed by atoms with Crippen molar-refractivity contribution < 1.29 is 8.95 Å². The number of ether oxygens (including phenoxy) is 1. The topological polar surface area (TPSA) is 76.7 Å². The van der Waals surface area contributed by atoms with Gasteiger partial charge in [0.15, 0.2) is 0 Å². The minimum Gasteiger partial charge on any atom is -0.495 e. The molecule has 1 atom stereocenters. The number of anilines is 1. The Labute approximate surface area is 183 Å². The van der Waals surface area contributed by atoms with E-state index in [4.69, 9.17) is 14.9 Å². The zero-order valence-corrected chi connectivity index (χ0v) is 20.4. The summed E-state index contributed by atoms with van der Waals surface area (Å²) in [7, 11) is -1.22. The molecule has 2 aromatic rings. The molecule has 5 nitrogen and oxygen atoms in total. The van der Waals surface area contributed by atoms with E-state index in [1.54, 1.807) is 31.4 Å². The van der Waals surface area contributed by atoms with Gasteiger partial charge in [-0.1, -0.05) is 32.1 Å². The van der Waals surface area contributed by atoms with Crippen molar-refractivity contribution in [3.8, 4) is 5.75 Å². The lowest BCUT2D eigenvalue weighted by Gasteiger charge is -2.14. The molecule has 6 heteroatoms. The van der Waals surface area contributed by atoms with E-state index in [-0.39, 0.29) is 0 Å². The first kappa shape index (κ1) is 27.4. The van der Waals surface area contributed by atoms with E-state index in [1.807, 2.05) is 34.6 Å². The van der Waals surface area contributed by atoms with E-state index in [2.05, 4.69) is 43.7 Å². The second-order valence-electron chi connectivity index (χ2n) is 6.49. The highest BCUT2D eigenvalue weighted by atomic mass is 32.2. The van der Waals surface area contributed by atoms with E-state index < -0.39 is 9.71 Å². The molecule has 0 heterocycles. The molecule has 2 aromatic carbocycles. The number of nitrogens with zero attached hydrogens (tertiary/aromatic N) is 1. The molecule has 0 aliphatic heterocycles. The van der Waals surface area contributed by atoms with Crippen LogP contribution in [0.4, 0.5) is 11.4 Å². The number of hydrogen-bond acceptors (Lipinski definition) is 3. The van der Waals surface area contributed by atoms with Crippen molar-refractivity contribution in [3.05, 3.63) is 59.7 Å². The molecule has 0 aliphatic rings. The highest BCUT2D eigenvalue weighted by molar-refractivity contribution is 7.98. The zero-order chi connectivity index (χ0) is 23.5. The number of nitrogens with one attached hydrogen (secondary N) is 1. The van der Waals surface area contributed by atoms with Gasteiger partial charge in [-0.25, -0.2) is 9.20 Å². The molecule has 0 radical (unpaired) electrons. The molecule has 0 aliphatic carbocycles. The Bertz CT molecular complexity index is 978. The summed E-state index contributed by atoms with van der Waals surface area (Å²) in [5, 5.41) is 8.86. The number of aryl methyl sites for hydroxylation is 2. The fraction of sp³-hybridized carbons (Fsp3) is 0.333. The Hall–Kier alpha value is -2.57. The van der Waals surface area contributed by atoms with Crippen LogP contribution in [0.5, 0.6) is 5.75 Å². The molecular weight excluding hydrogens is 394 g/mol. The smallest absolute Gasteiger partial charge is 0.142 e. The van der Waals surface area contributed by atoms with Gasteiger partial charge >= 0.3 is 0 Å². The SMILES string of the molecule is C=CC.C=S(N)(=O)c1ccc(OC)c(NC(C)=Nc2c(C)ccc(C)c2C)c1.CC. The van der Waals surface area contributed by atoms with Gasteiger partial charge in [0, 0.05) is 4.90 Å². The summed E-state index contributed by atoms with van der Waals surface area (Å²) in [6, 6.07) is 9.20. The molecule has 0 spiro atoms. The Balaban J connectivity index is 0.00000154. The van der Waals surface area contributed by atoms with Crippen LogP contribution >= 0.6 is 0 Å². The molecule has 0 saturated heterocycles. The van der Waals surface area contributed by atoms with Gasteiger partial charge in [0.1, 0.15) is 11.6 Å². The van der Waals surface area contributed by atoms with Crippen molar-refractivity contribution in [2.24, 2.45) is 10.1 Å². The predicted molar refractivity (Wildman–Crippen MR) is 135 cm³/mol. The van der Waals surface area contributed by atoms with Crippen molar-refractivity contribution in [3.63, 3.8) is 0 Å². The predicted octanol–water partition coefficient (Wildman–Crippen LogP) is 5.95. The quantitative estimate of drug-likeness (QED) is 0.272. The molecule has 0 aromatic heterocycles. The number of amidine groups is 1. The van der Waals surface area contributed by atoms with E-state index in [0.717, 1.165) is 16.8 Å². The number of aliphatic imine (C=N–C) groups is 1. The monoisotopic (exact) mass is 431 g/mol. The lowest BCUT2D eigenvalue weighted by molar-refractivity contribution is 0.416. The number of allylic oxidation sites excluding steroid dienone is 1. The van der Waals surface area contributed by atoms with Crippen LogP contribution in [0.25, 0.3) is 0 Å². The zero-order valence-electron chi connectivity index (χ0n) is 19.6. The molecule has 2 rings (SSSR count).